The lowest BCUT2D eigenvalue weighted by Crippen LogP contribution is -2.52. The van der Waals surface area contributed by atoms with E-state index in [0.29, 0.717) is 64.9 Å². The van der Waals surface area contributed by atoms with Crippen molar-refractivity contribution in [2.24, 2.45) is 23.7 Å². The zero-order chi connectivity index (χ0) is 41.1. The van der Waals surface area contributed by atoms with Crippen LogP contribution >= 0.6 is 0 Å². The molecule has 4 heterocycles. The van der Waals surface area contributed by atoms with E-state index >= 15 is 9.59 Å². The molecular formula is C48H49N5O5. The topological polar surface area (TPSA) is 120 Å². The van der Waals surface area contributed by atoms with Crippen molar-refractivity contribution in [2.45, 2.75) is 67.5 Å². The molecule has 0 bridgehead atoms. The van der Waals surface area contributed by atoms with E-state index in [-0.39, 0.29) is 64.3 Å². The lowest BCUT2D eigenvalue weighted by Gasteiger charge is -2.41. The van der Waals surface area contributed by atoms with Crippen molar-refractivity contribution in [3.05, 3.63) is 94.3 Å². The van der Waals surface area contributed by atoms with Crippen molar-refractivity contribution >= 4 is 78.2 Å². The molecule has 1 aromatic heterocycles. The van der Waals surface area contributed by atoms with Gasteiger partial charge in [0.2, 0.25) is 0 Å². The summed E-state index contributed by atoms with van der Waals surface area (Å²) in [6, 6.07) is 13.9. The third-order valence-corrected chi connectivity index (χ3v) is 12.9. The summed E-state index contributed by atoms with van der Waals surface area (Å²) in [6.45, 7) is 18.7. The van der Waals surface area contributed by atoms with Gasteiger partial charge in [0.15, 0.2) is 5.78 Å². The summed E-state index contributed by atoms with van der Waals surface area (Å²) in [5, 5.41) is 9.07. The second-order valence-electron chi connectivity index (χ2n) is 17.7. The number of aromatic nitrogens is 1. The van der Waals surface area contributed by atoms with Gasteiger partial charge in [0.05, 0.1) is 16.8 Å². The summed E-state index contributed by atoms with van der Waals surface area (Å²) >= 11 is 0. The van der Waals surface area contributed by atoms with Crippen molar-refractivity contribution in [1.29, 1.82) is 0 Å². The Balaban J connectivity index is 1.47. The molecule has 0 unspecified atom stereocenters. The van der Waals surface area contributed by atoms with Crippen molar-refractivity contribution < 1.29 is 24.0 Å². The smallest absolute Gasteiger partial charge is 0.262 e. The highest BCUT2D eigenvalue weighted by molar-refractivity contribution is 6.45. The number of fused-ring (bicyclic) bond motifs is 2. The van der Waals surface area contributed by atoms with E-state index in [1.165, 1.54) is 9.80 Å². The quantitative estimate of drug-likeness (QED) is 0.0674. The van der Waals surface area contributed by atoms with Crippen LogP contribution < -0.4 is 10.2 Å². The van der Waals surface area contributed by atoms with E-state index in [9.17, 15) is 14.4 Å². The Hall–Kier alpha value is -5.74. The maximum absolute atomic E-state index is 15.4. The number of ketones is 1. The number of hydrogen-bond donors (Lipinski definition) is 1. The minimum Gasteiger partial charge on any atom is -0.368 e. The first-order valence-corrected chi connectivity index (χ1v) is 20.7. The predicted octanol–water partition coefficient (Wildman–Crippen LogP) is 8.33. The minimum absolute atomic E-state index is 0.0431. The van der Waals surface area contributed by atoms with Gasteiger partial charge in [-0.15, -0.1) is 0 Å². The number of rotatable bonds is 9. The SMILES string of the molecule is CC(C)C(C(C)C)N1C(=O)c2ccc3c4ccc5c6c(c(C(=O)c7ccncc7)c(N7CCNCC7)c(c7ccc(c2c37)C1=O)c64)C(=O)N(C(C(C)C)C(C)C)C5=O. The number of hydrogen-bond acceptors (Lipinski definition) is 8. The van der Waals surface area contributed by atoms with Crippen LogP contribution in [-0.4, -0.2) is 82.5 Å². The first-order chi connectivity index (χ1) is 27.8. The van der Waals surface area contributed by atoms with E-state index in [1.807, 2.05) is 85.7 Å². The van der Waals surface area contributed by atoms with Crippen LogP contribution in [0, 0.1) is 23.7 Å². The van der Waals surface area contributed by atoms with Gasteiger partial charge in [0.1, 0.15) is 0 Å². The highest BCUT2D eigenvalue weighted by atomic mass is 16.2. The fraction of sp³-hybridized carbons (Fsp3) is 0.375. The molecule has 0 spiro atoms. The largest absolute Gasteiger partial charge is 0.368 e. The zero-order valence-corrected chi connectivity index (χ0v) is 34.4. The Labute approximate surface area is 337 Å². The number of pyridine rings is 1. The number of carbonyl (C=O) groups excluding carboxylic acids is 5. The predicted molar refractivity (Wildman–Crippen MR) is 228 cm³/mol. The van der Waals surface area contributed by atoms with Gasteiger partial charge in [-0.1, -0.05) is 73.6 Å². The van der Waals surface area contributed by atoms with E-state index in [4.69, 9.17) is 0 Å². The Morgan fingerprint density at radius 3 is 1.53 bits per heavy atom. The lowest BCUT2D eigenvalue weighted by atomic mass is 9.77. The molecule has 10 heteroatoms. The number of nitrogens with zero attached hydrogens (tertiary/aromatic N) is 4. The molecule has 6 aromatic rings. The summed E-state index contributed by atoms with van der Waals surface area (Å²) < 4.78 is 0. The van der Waals surface area contributed by atoms with Crippen LogP contribution in [0.3, 0.4) is 0 Å². The summed E-state index contributed by atoms with van der Waals surface area (Å²) in [7, 11) is 0. The lowest BCUT2D eigenvalue weighted by molar-refractivity contribution is 0.0423. The Morgan fingerprint density at radius 2 is 1.02 bits per heavy atom. The van der Waals surface area contributed by atoms with Crippen LogP contribution in [0.25, 0.3) is 43.1 Å². The standard InChI is InChI=1S/C48H49N5O5/c1-23(2)41(24(3)4)52-45(55)31-12-9-28-29-10-13-33-37-36(29)38(30-11-14-32(46(52)56)35(31)34(28)30)43(51-21-19-50-20-22-51)40(44(54)27-15-17-49-18-16-27)39(37)48(58)53(47(33)57)42(25(5)6)26(7)8/h9-18,23-26,41-42,50H,19-22H2,1-8H3. The number of anilines is 1. The van der Waals surface area contributed by atoms with Crippen LogP contribution in [0.2, 0.25) is 0 Å². The van der Waals surface area contributed by atoms with Crippen molar-refractivity contribution in [2.75, 3.05) is 31.1 Å². The first-order valence-electron chi connectivity index (χ1n) is 20.7. The monoisotopic (exact) mass is 775 g/mol. The molecule has 0 radical (unpaired) electrons. The molecular weight excluding hydrogens is 727 g/mol. The summed E-state index contributed by atoms with van der Waals surface area (Å²) in [5.41, 5.74) is 2.78. The molecule has 9 rings (SSSR count). The Kier molecular flexibility index (Phi) is 8.92. The van der Waals surface area contributed by atoms with Crippen LogP contribution in [0.4, 0.5) is 5.69 Å². The molecule has 3 aliphatic heterocycles. The van der Waals surface area contributed by atoms with Gasteiger partial charge in [0, 0.05) is 94.5 Å². The maximum atomic E-state index is 15.4. The van der Waals surface area contributed by atoms with Gasteiger partial charge in [0.25, 0.3) is 23.6 Å². The number of imide groups is 2. The molecule has 0 atom stereocenters. The molecule has 4 amide bonds. The average Bonchev–Trinajstić information content (AvgIpc) is 3.20. The van der Waals surface area contributed by atoms with E-state index in [2.05, 4.69) is 15.2 Å². The van der Waals surface area contributed by atoms with Crippen LogP contribution in [0.15, 0.2) is 60.9 Å². The number of benzene rings is 5. The van der Waals surface area contributed by atoms with Crippen molar-refractivity contribution in [1.82, 2.24) is 20.1 Å². The normalized spacial score (nSPS) is 16.3. The van der Waals surface area contributed by atoms with Crippen molar-refractivity contribution in [3.8, 4) is 0 Å². The number of amides is 4. The molecule has 10 nitrogen and oxygen atoms in total. The van der Waals surface area contributed by atoms with Crippen LogP contribution in [-0.2, 0) is 0 Å². The molecule has 1 fully saturated rings. The zero-order valence-electron chi connectivity index (χ0n) is 34.4. The molecule has 1 saturated heterocycles. The third kappa shape index (κ3) is 5.19. The van der Waals surface area contributed by atoms with Gasteiger partial charge >= 0.3 is 0 Å². The second kappa shape index (κ2) is 13.7. The van der Waals surface area contributed by atoms with Crippen LogP contribution in [0.5, 0.6) is 0 Å². The fourth-order valence-corrected chi connectivity index (χ4v) is 10.8. The maximum Gasteiger partial charge on any atom is 0.262 e. The fourth-order valence-electron chi connectivity index (χ4n) is 10.8. The molecule has 296 valence electrons. The van der Waals surface area contributed by atoms with Crippen molar-refractivity contribution in [3.63, 3.8) is 0 Å². The average molecular weight is 776 g/mol. The van der Waals surface area contributed by atoms with Gasteiger partial charge in [-0.2, -0.15) is 0 Å². The minimum atomic E-state index is -0.473. The summed E-state index contributed by atoms with van der Waals surface area (Å²) in [5.74, 6) is -1.82. The van der Waals surface area contributed by atoms with E-state index in [0.717, 1.165) is 32.3 Å². The van der Waals surface area contributed by atoms with Gasteiger partial charge < -0.3 is 10.2 Å². The summed E-state index contributed by atoms with van der Waals surface area (Å²) in [4.78, 5) is 84.1. The first kappa shape index (κ1) is 37.8. The number of piperazine rings is 1. The van der Waals surface area contributed by atoms with Gasteiger partial charge in [-0.05, 0) is 75.5 Å². The highest BCUT2D eigenvalue weighted by Crippen LogP contribution is 2.52. The molecule has 0 saturated carbocycles. The Bertz CT molecular complexity index is 2710. The number of nitrogens with one attached hydrogen (secondary N) is 1. The molecule has 1 N–H and O–H groups in total. The van der Waals surface area contributed by atoms with Gasteiger partial charge in [-0.3, -0.25) is 38.8 Å². The molecule has 3 aliphatic rings. The molecule has 0 aliphatic carbocycles. The highest BCUT2D eigenvalue weighted by Gasteiger charge is 2.46. The van der Waals surface area contributed by atoms with E-state index < -0.39 is 11.9 Å². The van der Waals surface area contributed by atoms with Crippen LogP contribution in [0.1, 0.15) is 113 Å². The third-order valence-electron chi connectivity index (χ3n) is 12.9. The Morgan fingerprint density at radius 1 is 0.552 bits per heavy atom. The van der Waals surface area contributed by atoms with Gasteiger partial charge in [-0.25, -0.2) is 0 Å². The second-order valence-corrected chi connectivity index (χ2v) is 17.7. The molecule has 58 heavy (non-hydrogen) atoms. The summed E-state index contributed by atoms with van der Waals surface area (Å²) in [6.07, 6.45) is 3.14. The number of carbonyl (C=O) groups is 5. The van der Waals surface area contributed by atoms with E-state index in [1.54, 1.807) is 30.6 Å². The molecule has 5 aromatic carbocycles.